The maximum absolute atomic E-state index is 8.98. The van der Waals surface area contributed by atoms with E-state index in [1.54, 1.807) is 0 Å². The quantitative estimate of drug-likeness (QED) is 0.443. The summed E-state index contributed by atoms with van der Waals surface area (Å²) >= 11 is 8.80. The van der Waals surface area contributed by atoms with Crippen molar-refractivity contribution in [1.82, 2.24) is 0 Å². The topological polar surface area (TPSA) is 17.1 Å². The van der Waals surface area contributed by atoms with E-state index in [1.807, 2.05) is 0 Å². The van der Waals surface area contributed by atoms with Gasteiger partial charge in [0.1, 0.15) is 0 Å². The Hall–Kier alpha value is 0.180. The lowest BCUT2D eigenvalue weighted by Gasteiger charge is -1.48. The van der Waals surface area contributed by atoms with E-state index in [-0.39, 0.29) is 4.70 Å². The Morgan fingerprint density at radius 2 is 1.40 bits per heavy atom. The van der Waals surface area contributed by atoms with Crippen molar-refractivity contribution >= 4 is 27.9 Å². The van der Waals surface area contributed by atoms with Crippen molar-refractivity contribution in [3.63, 3.8) is 0 Å². The fourth-order valence-electron chi connectivity index (χ4n) is 0. The third-order valence-corrected chi connectivity index (χ3v) is 0. The maximum atomic E-state index is 8.98. The van der Waals surface area contributed by atoms with Gasteiger partial charge in [-0.15, -0.1) is 0 Å². The molecule has 0 unspecified atom stereocenters. The van der Waals surface area contributed by atoms with Crippen molar-refractivity contribution in [2.24, 2.45) is 0 Å². The third-order valence-electron chi connectivity index (χ3n) is 0. The first kappa shape index (κ1) is 8.95. The molecule has 0 amide bonds. The molecular formula is CHCl2FO. The lowest BCUT2D eigenvalue weighted by atomic mass is 11.8. The highest BCUT2D eigenvalue weighted by Crippen LogP contribution is 1.84. The molecule has 0 fully saturated rings. The highest BCUT2D eigenvalue weighted by Gasteiger charge is 1.72. The average Bonchev–Trinajstić information content (AvgIpc) is 0.811. The number of hydrogen-bond donors (Lipinski definition) is 0. The van der Waals surface area contributed by atoms with E-state index in [4.69, 9.17) is 4.79 Å². The van der Waals surface area contributed by atoms with Crippen LogP contribution in [-0.2, 0) is 0 Å². The number of rotatable bonds is 0. The van der Waals surface area contributed by atoms with Crippen LogP contribution in [0.4, 0.5) is 9.50 Å². The minimum absolute atomic E-state index is 0. The second-order valence-electron chi connectivity index (χ2n) is 0.226. The first-order chi connectivity index (χ1) is 1.73. The molecule has 0 aliphatic heterocycles. The molecule has 4 heteroatoms. The normalized spacial score (nSPS) is 5.20. The van der Waals surface area contributed by atoms with Gasteiger partial charge in [0, 0.05) is 0 Å². The molecule has 0 heterocycles. The van der Waals surface area contributed by atoms with E-state index in [0.29, 0.717) is 0 Å². The minimum Gasteiger partial charge on any atom is -0.269 e. The SMILES string of the molecule is F.O=C(Cl)Cl. The van der Waals surface area contributed by atoms with Crippen molar-refractivity contribution < 1.29 is 9.50 Å². The van der Waals surface area contributed by atoms with Crippen LogP contribution < -0.4 is 0 Å². The molecule has 0 aromatic carbocycles. The van der Waals surface area contributed by atoms with Gasteiger partial charge in [-0.2, -0.15) is 0 Å². The molecule has 1 nitrogen and oxygen atoms in total. The molecule has 0 N–H and O–H groups in total. The summed E-state index contributed by atoms with van der Waals surface area (Å²) in [6, 6.07) is 0. The summed E-state index contributed by atoms with van der Waals surface area (Å²) in [7, 11) is 0. The van der Waals surface area contributed by atoms with Crippen LogP contribution in [0.15, 0.2) is 0 Å². The molecule has 0 aliphatic rings. The summed E-state index contributed by atoms with van der Waals surface area (Å²) < 4.78 is -0.889. The number of carbonyl (C=O) groups is 1. The van der Waals surface area contributed by atoms with Crippen molar-refractivity contribution in [2.45, 2.75) is 0 Å². The molecule has 0 atom stereocenters. The van der Waals surface area contributed by atoms with Gasteiger partial charge < -0.3 is 0 Å². The first-order valence-electron chi connectivity index (χ1n) is 0.582. The van der Waals surface area contributed by atoms with Crippen LogP contribution in [0.5, 0.6) is 0 Å². The monoisotopic (exact) mass is 118 g/mol. The molecule has 0 saturated carbocycles. The molecule has 0 rings (SSSR count). The van der Waals surface area contributed by atoms with Crippen LogP contribution in [0.1, 0.15) is 0 Å². The van der Waals surface area contributed by atoms with Crippen molar-refractivity contribution in [3.05, 3.63) is 0 Å². The van der Waals surface area contributed by atoms with Crippen molar-refractivity contribution in [1.29, 1.82) is 0 Å². The molecule has 0 aromatic rings. The molecular weight excluding hydrogens is 118 g/mol. The lowest BCUT2D eigenvalue weighted by Crippen LogP contribution is -1.46. The zero-order chi connectivity index (χ0) is 3.58. The Morgan fingerprint density at radius 3 is 1.40 bits per heavy atom. The van der Waals surface area contributed by atoms with Crippen LogP contribution in [0, 0.1) is 0 Å². The smallest absolute Gasteiger partial charge is 0.269 e. The largest absolute Gasteiger partial charge is 0.313 e. The summed E-state index contributed by atoms with van der Waals surface area (Å²) in [4.78, 5) is 8.98. The Kier molecular flexibility index (Phi) is 7.48. The van der Waals surface area contributed by atoms with E-state index in [1.165, 1.54) is 0 Å². The van der Waals surface area contributed by atoms with Crippen LogP contribution in [0.3, 0.4) is 0 Å². The second-order valence-corrected chi connectivity index (χ2v) is 1.11. The van der Waals surface area contributed by atoms with E-state index in [0.717, 1.165) is 0 Å². The predicted octanol–water partition coefficient (Wildman–Crippen LogP) is 1.74. The van der Waals surface area contributed by atoms with Crippen molar-refractivity contribution in [2.75, 3.05) is 0 Å². The van der Waals surface area contributed by atoms with E-state index >= 15 is 0 Å². The van der Waals surface area contributed by atoms with Gasteiger partial charge in [0.15, 0.2) is 0 Å². The molecule has 32 valence electrons. The van der Waals surface area contributed by atoms with Crippen LogP contribution in [-0.4, -0.2) is 4.70 Å². The summed E-state index contributed by atoms with van der Waals surface area (Å²) in [6.07, 6.45) is 0. The Morgan fingerprint density at radius 1 is 1.40 bits per heavy atom. The summed E-state index contributed by atoms with van der Waals surface area (Å²) in [5, 5.41) is 0. The minimum atomic E-state index is -0.889. The molecule has 0 aliphatic carbocycles. The Bertz CT molecular complexity index is 32.6. The number of halogens is 3. The Labute approximate surface area is 38.2 Å². The molecule has 0 bridgehead atoms. The zero-order valence-electron chi connectivity index (χ0n) is 2.07. The Balaban J connectivity index is 0. The fourth-order valence-corrected chi connectivity index (χ4v) is 0. The van der Waals surface area contributed by atoms with Gasteiger partial charge in [-0.3, -0.25) is 9.50 Å². The zero-order valence-corrected chi connectivity index (χ0v) is 3.58. The maximum Gasteiger partial charge on any atom is 0.313 e. The third kappa shape index (κ3) is 613. The van der Waals surface area contributed by atoms with Gasteiger partial charge >= 0.3 is 4.70 Å². The number of carbonyl (C=O) groups excluding carboxylic acids is 1. The lowest BCUT2D eigenvalue weighted by molar-refractivity contribution is 0.275. The van der Waals surface area contributed by atoms with Gasteiger partial charge in [0.25, 0.3) is 0 Å². The van der Waals surface area contributed by atoms with E-state index < -0.39 is 4.70 Å². The molecule has 5 heavy (non-hydrogen) atoms. The molecule has 0 spiro atoms. The van der Waals surface area contributed by atoms with Gasteiger partial charge in [0.05, 0.1) is 0 Å². The summed E-state index contributed by atoms with van der Waals surface area (Å²) in [6.45, 7) is 0. The first-order valence-corrected chi connectivity index (χ1v) is 1.34. The van der Waals surface area contributed by atoms with Gasteiger partial charge in [-0.1, -0.05) is 0 Å². The van der Waals surface area contributed by atoms with E-state index in [9.17, 15) is 0 Å². The second kappa shape index (κ2) is 4.18. The van der Waals surface area contributed by atoms with Gasteiger partial charge in [-0.05, 0) is 23.2 Å². The van der Waals surface area contributed by atoms with Gasteiger partial charge in [0.2, 0.25) is 0 Å². The van der Waals surface area contributed by atoms with Crippen LogP contribution in [0.25, 0.3) is 0 Å². The fraction of sp³-hybridized carbons (Fsp3) is 0. The highest BCUT2D eigenvalue weighted by molar-refractivity contribution is 6.93. The van der Waals surface area contributed by atoms with Gasteiger partial charge in [-0.25, -0.2) is 0 Å². The highest BCUT2D eigenvalue weighted by atomic mass is 35.5. The summed E-state index contributed by atoms with van der Waals surface area (Å²) in [5.41, 5.74) is 0. The molecule has 0 radical (unpaired) electrons. The summed E-state index contributed by atoms with van der Waals surface area (Å²) in [5.74, 6) is 0. The standard InChI is InChI=1S/CCl2O.FH/c2-1(3)4;/h;1H. The molecule has 0 aromatic heterocycles. The van der Waals surface area contributed by atoms with Crippen molar-refractivity contribution in [3.8, 4) is 0 Å². The number of hydrogen-bond acceptors (Lipinski definition) is 1. The predicted molar refractivity (Wildman–Crippen MR) is 19.6 cm³/mol. The average molecular weight is 119 g/mol. The van der Waals surface area contributed by atoms with E-state index in [2.05, 4.69) is 23.2 Å². The van der Waals surface area contributed by atoms with Crippen LogP contribution in [0.2, 0.25) is 0 Å². The van der Waals surface area contributed by atoms with Crippen LogP contribution >= 0.6 is 23.2 Å². The molecule has 0 saturated heterocycles.